The van der Waals surface area contributed by atoms with Crippen molar-refractivity contribution in [2.24, 2.45) is 0 Å². The van der Waals surface area contributed by atoms with E-state index in [1.165, 1.54) is 21.5 Å². The molecule has 0 atom stereocenters. The van der Waals surface area contributed by atoms with Crippen molar-refractivity contribution in [3.05, 3.63) is 278 Å². The Morgan fingerprint density at radius 1 is 0.209 bits per heavy atom. The summed E-state index contributed by atoms with van der Waals surface area (Å²) in [5, 5.41) is 6.79. The van der Waals surface area contributed by atoms with E-state index in [0.29, 0.717) is 52.4 Å². The number of para-hydroxylation sites is 4. The van der Waals surface area contributed by atoms with Crippen molar-refractivity contribution in [1.29, 1.82) is 0 Å². The fourth-order valence-corrected chi connectivity index (χ4v) is 13.4. The zero-order chi connectivity index (χ0) is 60.8. The predicted molar refractivity (Wildman–Crippen MR) is 367 cm³/mol. The maximum absolute atomic E-state index is 5.41. The van der Waals surface area contributed by atoms with Gasteiger partial charge in [0.05, 0.1) is 38.8 Å². The Morgan fingerprint density at radius 3 is 0.868 bits per heavy atom. The van der Waals surface area contributed by atoms with Crippen LogP contribution in [0.5, 0.6) is 0 Å². The van der Waals surface area contributed by atoms with Gasteiger partial charge in [-0.3, -0.25) is 0 Å². The zero-order valence-corrected chi connectivity index (χ0v) is 50.1. The highest BCUT2D eigenvalue weighted by Crippen LogP contribution is 2.46. The van der Waals surface area contributed by atoms with Crippen molar-refractivity contribution in [2.75, 3.05) is 0 Å². The Labute approximate surface area is 523 Å². The maximum Gasteiger partial charge on any atom is 0.164 e. The van der Waals surface area contributed by atoms with Crippen LogP contribution in [0, 0.1) is 27.7 Å². The Bertz CT molecular complexity index is 5260. The number of hydrogen-bond acceptors (Lipinski definition) is 9. The summed E-state index contributed by atoms with van der Waals surface area (Å²) in [5.74, 6) is 5.50. The monoisotopic (exact) mass is 1170 g/mol. The first-order chi connectivity index (χ1) is 44.7. The summed E-state index contributed by atoms with van der Waals surface area (Å²) < 4.78 is 7.16. The number of nitrogens with zero attached hydrogens (tertiary/aromatic N) is 12. The molecule has 91 heavy (non-hydrogen) atoms. The van der Waals surface area contributed by atoms with Crippen LogP contribution < -0.4 is 0 Å². The zero-order valence-electron chi connectivity index (χ0n) is 50.1. The van der Waals surface area contributed by atoms with Crippen LogP contribution in [0.2, 0.25) is 0 Å². The van der Waals surface area contributed by atoms with Gasteiger partial charge in [0.15, 0.2) is 29.1 Å². The summed E-state index contributed by atoms with van der Waals surface area (Å²) in [5.41, 5.74) is 17.7. The lowest BCUT2D eigenvalue weighted by Crippen LogP contribution is -2.04. The number of aryl methyl sites for hydroxylation is 4. The van der Waals surface area contributed by atoms with E-state index in [1.807, 2.05) is 64.1 Å². The number of benzene rings is 11. The molecule has 0 unspecified atom stereocenters. The van der Waals surface area contributed by atoms with Crippen LogP contribution in [0.4, 0.5) is 0 Å². The third-order valence-corrected chi connectivity index (χ3v) is 17.3. The van der Waals surface area contributed by atoms with Crippen molar-refractivity contribution in [3.63, 3.8) is 0 Å². The fraction of sp³-hybridized carbons (Fsp3) is 0.0506. The van der Waals surface area contributed by atoms with Gasteiger partial charge in [0.2, 0.25) is 0 Å². The summed E-state index contributed by atoms with van der Waals surface area (Å²) in [6.07, 6.45) is 0. The van der Waals surface area contributed by atoms with Crippen LogP contribution in [0.15, 0.2) is 255 Å². The highest BCUT2D eigenvalue weighted by atomic mass is 15.1. The van der Waals surface area contributed by atoms with Gasteiger partial charge in [-0.25, -0.2) is 44.9 Å². The summed E-state index contributed by atoms with van der Waals surface area (Å²) in [7, 11) is 0. The highest BCUT2D eigenvalue weighted by Gasteiger charge is 2.26. The molecule has 0 aliphatic heterocycles. The number of rotatable bonds is 10. The predicted octanol–water partition coefficient (Wildman–Crippen LogP) is 18.4. The van der Waals surface area contributed by atoms with Gasteiger partial charge in [-0.2, -0.15) is 0 Å². The molecule has 17 aromatic rings. The van der Waals surface area contributed by atoms with Crippen molar-refractivity contribution in [3.8, 4) is 96.3 Å². The SMILES string of the molecule is Cc1nc(C)nc(-c2ccc3c(c2)c2cc(-c4nc(C)nc(C)n4)ccc2n3-c2c(-c3ccc(-n4c5ccccc5c5ccccc54)cc3)cc(-c3nc(-c4ccccc4)nc(-c4ccccc4)n3)cc2-c2ccc(-n3c4ccccc4c4ccccc43)cc2)n1. The summed E-state index contributed by atoms with van der Waals surface area (Å²) >= 11 is 0. The first-order valence-corrected chi connectivity index (χ1v) is 30.4. The minimum absolute atomic E-state index is 0.535. The molecule has 0 fully saturated rings. The van der Waals surface area contributed by atoms with Gasteiger partial charge in [-0.15, -0.1) is 0 Å². The van der Waals surface area contributed by atoms with Crippen molar-refractivity contribution in [2.45, 2.75) is 27.7 Å². The third-order valence-electron chi connectivity index (χ3n) is 17.3. The average Bonchev–Trinajstić information content (AvgIpc) is 1.60. The van der Waals surface area contributed by atoms with Crippen LogP contribution in [-0.2, 0) is 0 Å². The second-order valence-electron chi connectivity index (χ2n) is 23.1. The molecule has 6 heterocycles. The molecule has 430 valence electrons. The van der Waals surface area contributed by atoms with Gasteiger partial charge in [0, 0.05) is 82.6 Å². The van der Waals surface area contributed by atoms with Crippen LogP contribution in [0.25, 0.3) is 162 Å². The van der Waals surface area contributed by atoms with E-state index in [-0.39, 0.29) is 0 Å². The lowest BCUT2D eigenvalue weighted by Gasteiger charge is -2.22. The normalized spacial score (nSPS) is 11.7. The molecule has 12 heteroatoms. The molecule has 0 aliphatic rings. The van der Waals surface area contributed by atoms with E-state index in [0.717, 1.165) is 111 Å². The Morgan fingerprint density at radius 2 is 0.505 bits per heavy atom. The first kappa shape index (κ1) is 53.1. The molecule has 0 bridgehead atoms. The summed E-state index contributed by atoms with van der Waals surface area (Å²) in [4.78, 5) is 44.6. The Hall–Kier alpha value is -12.2. The quantitative estimate of drug-likeness (QED) is 0.131. The second kappa shape index (κ2) is 21.3. The van der Waals surface area contributed by atoms with E-state index in [4.69, 9.17) is 34.9 Å². The van der Waals surface area contributed by atoms with Crippen LogP contribution in [0.3, 0.4) is 0 Å². The largest absolute Gasteiger partial charge is 0.309 e. The number of hydrogen-bond donors (Lipinski definition) is 0. The van der Waals surface area contributed by atoms with Gasteiger partial charge in [-0.05, 0) is 136 Å². The number of aromatic nitrogens is 12. The number of fused-ring (bicyclic) bond motifs is 9. The molecule has 6 aromatic heterocycles. The second-order valence-corrected chi connectivity index (χ2v) is 23.1. The standard InChI is InChI=1S/C79H54N12/c1-47-80-48(2)83-77(82-47)55-35-41-72-66(43-55)67-44-56(78-84-49(3)81-50(4)85-78)36-42-73(67)91(72)74-64(51-31-37-58(38-32-51)89-68-27-15-11-23-60(68)61-24-12-16-28-69(61)89)45-57(79-87-75(53-19-7-5-8-20-53)86-76(88-79)54-21-9-6-10-22-54)46-65(74)52-33-39-59(40-34-52)90-70-29-17-13-25-62(70)63-26-14-18-30-71(63)90/h5-46H,1-4H3. The Kier molecular flexibility index (Phi) is 12.4. The lowest BCUT2D eigenvalue weighted by molar-refractivity contribution is 0.928. The Balaban J connectivity index is 0.980. The smallest absolute Gasteiger partial charge is 0.164 e. The van der Waals surface area contributed by atoms with Crippen LogP contribution >= 0.6 is 0 Å². The van der Waals surface area contributed by atoms with Gasteiger partial charge in [-0.1, -0.05) is 158 Å². The van der Waals surface area contributed by atoms with Gasteiger partial charge >= 0.3 is 0 Å². The van der Waals surface area contributed by atoms with Crippen LogP contribution in [0.1, 0.15) is 23.3 Å². The van der Waals surface area contributed by atoms with Crippen molar-refractivity contribution < 1.29 is 0 Å². The maximum atomic E-state index is 5.41. The van der Waals surface area contributed by atoms with E-state index < -0.39 is 0 Å². The minimum Gasteiger partial charge on any atom is -0.309 e. The third kappa shape index (κ3) is 9.10. The lowest BCUT2D eigenvalue weighted by atomic mass is 9.92. The molecular formula is C79H54N12. The van der Waals surface area contributed by atoms with Gasteiger partial charge in [0.1, 0.15) is 23.3 Å². The molecule has 12 nitrogen and oxygen atoms in total. The molecule has 0 N–H and O–H groups in total. The molecule has 0 saturated heterocycles. The van der Waals surface area contributed by atoms with Gasteiger partial charge in [0.25, 0.3) is 0 Å². The molecule has 0 saturated carbocycles. The van der Waals surface area contributed by atoms with E-state index in [1.54, 1.807) is 0 Å². The molecule has 0 aliphatic carbocycles. The molecule has 11 aromatic carbocycles. The van der Waals surface area contributed by atoms with Crippen molar-refractivity contribution in [1.82, 2.24) is 58.6 Å². The summed E-state index contributed by atoms with van der Waals surface area (Å²) in [6.45, 7) is 7.64. The van der Waals surface area contributed by atoms with Crippen LogP contribution in [-0.4, -0.2) is 58.6 Å². The average molecular weight is 1170 g/mol. The first-order valence-electron chi connectivity index (χ1n) is 30.4. The molecule has 0 spiro atoms. The molecule has 0 radical (unpaired) electrons. The van der Waals surface area contributed by atoms with E-state index >= 15 is 0 Å². The van der Waals surface area contributed by atoms with E-state index in [2.05, 4.69) is 242 Å². The van der Waals surface area contributed by atoms with Crippen molar-refractivity contribution >= 4 is 65.4 Å². The summed E-state index contributed by atoms with van der Waals surface area (Å²) in [6, 6.07) is 90.6. The molecule has 0 amide bonds. The molecular weight excluding hydrogens is 1120 g/mol. The minimum atomic E-state index is 0.535. The van der Waals surface area contributed by atoms with E-state index in [9.17, 15) is 0 Å². The highest BCUT2D eigenvalue weighted by molar-refractivity contribution is 6.14. The fourth-order valence-electron chi connectivity index (χ4n) is 13.4. The topological polar surface area (TPSA) is 131 Å². The molecule has 17 rings (SSSR count). The van der Waals surface area contributed by atoms with Gasteiger partial charge < -0.3 is 13.7 Å².